The molecular weight excluding hydrogens is 721 g/mol. The van der Waals surface area contributed by atoms with Gasteiger partial charge in [0.25, 0.3) is 0 Å². The molecule has 0 aliphatic heterocycles. The van der Waals surface area contributed by atoms with Crippen molar-refractivity contribution in [2.45, 2.75) is 5.41 Å². The maximum atomic E-state index is 5.28. The van der Waals surface area contributed by atoms with Crippen molar-refractivity contribution in [1.29, 1.82) is 0 Å². The van der Waals surface area contributed by atoms with Crippen LogP contribution in [0.1, 0.15) is 21.6 Å². The van der Waals surface area contributed by atoms with E-state index in [1.165, 1.54) is 76.2 Å². The Labute approximate surface area is 341 Å². The minimum absolute atomic E-state index is 0.392. The maximum Gasteiger partial charge on any atom is 0.160 e. The highest BCUT2D eigenvalue weighted by atomic mass is 32.1. The van der Waals surface area contributed by atoms with Crippen LogP contribution in [0.25, 0.3) is 88.5 Å². The average Bonchev–Trinajstić information content (AvgIpc) is 3.93. The van der Waals surface area contributed by atoms with Crippen LogP contribution in [0.3, 0.4) is 0 Å². The Morgan fingerprint density at radius 1 is 0.345 bits per heavy atom. The first-order valence-electron chi connectivity index (χ1n) is 19.8. The molecule has 12 rings (SSSR count). The van der Waals surface area contributed by atoms with Gasteiger partial charge in [0.1, 0.15) is 0 Å². The van der Waals surface area contributed by atoms with E-state index in [4.69, 9.17) is 9.97 Å². The van der Waals surface area contributed by atoms with E-state index in [9.17, 15) is 0 Å². The molecule has 2 aliphatic rings. The predicted octanol–water partition coefficient (Wildman–Crippen LogP) is 14.4. The van der Waals surface area contributed by atoms with E-state index in [-0.39, 0.29) is 0 Å². The minimum atomic E-state index is -0.392. The molecule has 3 heteroatoms. The lowest BCUT2D eigenvalue weighted by Gasteiger charge is -2.29. The zero-order chi connectivity index (χ0) is 38.2. The summed E-state index contributed by atoms with van der Waals surface area (Å²) in [5.41, 5.74) is 18.7. The molecule has 0 unspecified atom stereocenters. The lowest BCUT2D eigenvalue weighted by atomic mass is 9.73. The highest BCUT2D eigenvalue weighted by Crippen LogP contribution is 2.67. The fourth-order valence-corrected chi connectivity index (χ4v) is 11.0. The van der Waals surface area contributed by atoms with Gasteiger partial charge in [-0.05, 0) is 73.8 Å². The summed E-state index contributed by atoms with van der Waals surface area (Å²) in [5.74, 6) is 0.705. The van der Waals surface area contributed by atoms with Crippen LogP contribution in [0.4, 0.5) is 0 Å². The quantitative estimate of drug-likeness (QED) is 0.175. The summed E-state index contributed by atoms with van der Waals surface area (Å²) in [7, 11) is 0. The molecule has 0 radical (unpaired) electrons. The highest BCUT2D eigenvalue weighted by molar-refractivity contribution is 7.20. The molecular formula is C55H34N2S. The van der Waals surface area contributed by atoms with Crippen molar-refractivity contribution in [3.05, 3.63) is 228 Å². The van der Waals surface area contributed by atoms with Crippen LogP contribution in [0.5, 0.6) is 0 Å². The second-order valence-electron chi connectivity index (χ2n) is 15.2. The van der Waals surface area contributed by atoms with E-state index in [0.717, 1.165) is 28.1 Å². The average molecular weight is 755 g/mol. The SMILES string of the molecule is c1ccc(-c2ccc(-c3nc(-c4ccccc4)cc(-c4cccc(-c5cccc6c5-c5c(sc7ccccc57)C65c6ccccc6-c6ccccc65)c4)n3)cc2)cc1. The van der Waals surface area contributed by atoms with Crippen LogP contribution in [-0.2, 0) is 5.41 Å². The molecule has 0 fully saturated rings. The van der Waals surface area contributed by atoms with Crippen molar-refractivity contribution >= 4 is 21.4 Å². The molecule has 2 heterocycles. The van der Waals surface area contributed by atoms with Gasteiger partial charge >= 0.3 is 0 Å². The number of hydrogen-bond donors (Lipinski definition) is 0. The molecule has 10 aromatic rings. The molecule has 58 heavy (non-hydrogen) atoms. The molecule has 2 aliphatic carbocycles. The molecule has 2 nitrogen and oxygen atoms in total. The third kappa shape index (κ3) is 4.84. The van der Waals surface area contributed by atoms with Crippen LogP contribution in [-0.4, -0.2) is 9.97 Å². The van der Waals surface area contributed by atoms with Gasteiger partial charge in [-0.25, -0.2) is 9.97 Å². The highest BCUT2D eigenvalue weighted by Gasteiger charge is 2.53. The van der Waals surface area contributed by atoms with E-state index in [2.05, 4.69) is 194 Å². The Balaban J connectivity index is 1.05. The van der Waals surface area contributed by atoms with Gasteiger partial charge in [-0.3, -0.25) is 0 Å². The Morgan fingerprint density at radius 3 is 1.60 bits per heavy atom. The Morgan fingerprint density at radius 2 is 0.862 bits per heavy atom. The second kappa shape index (κ2) is 12.9. The Hall–Kier alpha value is -7.20. The van der Waals surface area contributed by atoms with E-state index in [1.807, 2.05) is 23.5 Å². The summed E-state index contributed by atoms with van der Waals surface area (Å²) in [6, 6.07) is 74.6. The number of hydrogen-bond acceptors (Lipinski definition) is 3. The third-order valence-electron chi connectivity index (χ3n) is 12.1. The van der Waals surface area contributed by atoms with Gasteiger partial charge < -0.3 is 0 Å². The van der Waals surface area contributed by atoms with Crippen molar-refractivity contribution < 1.29 is 0 Å². The standard InChI is InChI=1S/C55H34N2S/c1-3-15-35(16-4-1)36-29-31-38(32-30-36)54-56-48(37-17-5-2-6-18-37)34-49(57-54)40-20-13-19-39(33-40)41-24-14-27-47-51(41)52-44-23-9-12-28-50(44)58-53(52)55(47)45-25-10-7-21-42(45)43-22-8-11-26-46(43)55/h1-34H. The lowest BCUT2D eigenvalue weighted by molar-refractivity contribution is 0.812. The summed E-state index contributed by atoms with van der Waals surface area (Å²) in [4.78, 5) is 11.8. The Kier molecular flexibility index (Phi) is 7.35. The lowest BCUT2D eigenvalue weighted by Crippen LogP contribution is -2.24. The van der Waals surface area contributed by atoms with E-state index < -0.39 is 5.41 Å². The minimum Gasteiger partial charge on any atom is -0.228 e. The second-order valence-corrected chi connectivity index (χ2v) is 16.3. The van der Waals surface area contributed by atoms with Gasteiger partial charge in [0.15, 0.2) is 5.82 Å². The summed E-state index contributed by atoms with van der Waals surface area (Å²) in [5, 5.41) is 1.32. The largest absolute Gasteiger partial charge is 0.228 e. The number of aromatic nitrogens is 2. The van der Waals surface area contributed by atoms with Gasteiger partial charge in [-0.15, -0.1) is 11.3 Å². The van der Waals surface area contributed by atoms with E-state index in [1.54, 1.807) is 0 Å². The zero-order valence-electron chi connectivity index (χ0n) is 31.4. The van der Waals surface area contributed by atoms with Gasteiger partial charge in [0, 0.05) is 37.2 Å². The molecule has 8 aromatic carbocycles. The number of rotatable bonds is 5. The smallest absolute Gasteiger partial charge is 0.160 e. The summed E-state index contributed by atoms with van der Waals surface area (Å²) in [6.07, 6.45) is 0. The van der Waals surface area contributed by atoms with Crippen LogP contribution >= 0.6 is 11.3 Å². The Bertz CT molecular complexity index is 3170. The fourth-order valence-electron chi connectivity index (χ4n) is 9.59. The van der Waals surface area contributed by atoms with Crippen molar-refractivity contribution in [1.82, 2.24) is 9.97 Å². The van der Waals surface area contributed by atoms with Crippen molar-refractivity contribution in [3.63, 3.8) is 0 Å². The van der Waals surface area contributed by atoms with Crippen molar-refractivity contribution in [2.75, 3.05) is 0 Å². The number of thiophene rings is 1. The molecule has 270 valence electrons. The number of nitrogens with zero attached hydrogens (tertiary/aromatic N) is 2. The predicted molar refractivity (Wildman–Crippen MR) is 241 cm³/mol. The fraction of sp³-hybridized carbons (Fsp3) is 0.0182. The van der Waals surface area contributed by atoms with Gasteiger partial charge in [-0.1, -0.05) is 188 Å². The molecule has 0 bridgehead atoms. The van der Waals surface area contributed by atoms with Crippen molar-refractivity contribution in [2.24, 2.45) is 0 Å². The summed E-state index contributed by atoms with van der Waals surface area (Å²) in [6.45, 7) is 0. The monoisotopic (exact) mass is 754 g/mol. The number of benzene rings is 8. The van der Waals surface area contributed by atoms with Crippen LogP contribution in [0.15, 0.2) is 206 Å². The third-order valence-corrected chi connectivity index (χ3v) is 13.4. The van der Waals surface area contributed by atoms with E-state index in [0.29, 0.717) is 5.82 Å². The first-order chi connectivity index (χ1) is 28.8. The first-order valence-corrected chi connectivity index (χ1v) is 20.6. The van der Waals surface area contributed by atoms with Crippen LogP contribution < -0.4 is 0 Å². The van der Waals surface area contributed by atoms with Gasteiger partial charge in [0.05, 0.1) is 16.8 Å². The molecule has 0 atom stereocenters. The van der Waals surface area contributed by atoms with Crippen LogP contribution in [0.2, 0.25) is 0 Å². The van der Waals surface area contributed by atoms with Crippen LogP contribution in [0, 0.1) is 0 Å². The molecule has 0 saturated heterocycles. The topological polar surface area (TPSA) is 25.8 Å². The van der Waals surface area contributed by atoms with Crippen molar-refractivity contribution in [3.8, 4) is 78.4 Å². The number of fused-ring (bicyclic) bond motifs is 12. The first kappa shape index (κ1) is 33.0. The molecule has 1 spiro atoms. The molecule has 0 saturated carbocycles. The molecule has 0 N–H and O–H groups in total. The van der Waals surface area contributed by atoms with Gasteiger partial charge in [0.2, 0.25) is 0 Å². The zero-order valence-corrected chi connectivity index (χ0v) is 32.2. The summed E-state index contributed by atoms with van der Waals surface area (Å²) < 4.78 is 1.32. The maximum absolute atomic E-state index is 5.28. The molecule has 0 amide bonds. The normalized spacial score (nSPS) is 13.0. The van der Waals surface area contributed by atoms with E-state index >= 15 is 0 Å². The van der Waals surface area contributed by atoms with Gasteiger partial charge in [-0.2, -0.15) is 0 Å². The molecule has 2 aromatic heterocycles. The summed E-state index contributed by atoms with van der Waals surface area (Å²) >= 11 is 1.95.